The zero-order valence-corrected chi connectivity index (χ0v) is 11.2. The summed E-state index contributed by atoms with van der Waals surface area (Å²) >= 11 is 1.53. The van der Waals surface area contributed by atoms with Crippen LogP contribution in [0, 0.1) is 12.3 Å². The van der Waals surface area contributed by atoms with E-state index in [1.165, 1.54) is 11.3 Å². The SMILES string of the molecule is CCCC1(C(=O)Nc2ncc(C)s2)CCNC1. The molecule has 1 unspecified atom stereocenters. The van der Waals surface area contributed by atoms with Crippen molar-refractivity contribution in [2.45, 2.75) is 33.1 Å². The summed E-state index contributed by atoms with van der Waals surface area (Å²) < 4.78 is 0. The van der Waals surface area contributed by atoms with Crippen LogP contribution in [-0.4, -0.2) is 24.0 Å². The van der Waals surface area contributed by atoms with Crippen LogP contribution >= 0.6 is 11.3 Å². The quantitative estimate of drug-likeness (QED) is 0.864. The summed E-state index contributed by atoms with van der Waals surface area (Å²) in [7, 11) is 0. The maximum atomic E-state index is 12.4. The fraction of sp³-hybridized carbons (Fsp3) is 0.667. The van der Waals surface area contributed by atoms with Gasteiger partial charge in [0.15, 0.2) is 5.13 Å². The summed E-state index contributed by atoms with van der Waals surface area (Å²) in [6, 6.07) is 0. The Balaban J connectivity index is 2.06. The molecule has 0 aromatic carbocycles. The Morgan fingerprint density at radius 3 is 3.06 bits per heavy atom. The van der Waals surface area contributed by atoms with Gasteiger partial charge in [0.25, 0.3) is 0 Å². The number of amides is 1. The molecule has 1 fully saturated rings. The predicted octanol–water partition coefficient (Wildman–Crippen LogP) is 2.17. The highest BCUT2D eigenvalue weighted by molar-refractivity contribution is 7.15. The minimum absolute atomic E-state index is 0.124. The molecule has 2 rings (SSSR count). The smallest absolute Gasteiger partial charge is 0.233 e. The Morgan fingerprint density at radius 1 is 1.71 bits per heavy atom. The van der Waals surface area contributed by atoms with Crippen molar-refractivity contribution in [3.8, 4) is 0 Å². The summed E-state index contributed by atoms with van der Waals surface area (Å²) in [5.41, 5.74) is -0.228. The highest BCUT2D eigenvalue weighted by Crippen LogP contribution is 2.33. The minimum atomic E-state index is -0.228. The molecule has 1 amide bonds. The number of aryl methyl sites for hydroxylation is 1. The van der Waals surface area contributed by atoms with Gasteiger partial charge in [-0.3, -0.25) is 4.79 Å². The van der Waals surface area contributed by atoms with E-state index in [9.17, 15) is 4.79 Å². The molecule has 1 saturated heterocycles. The minimum Gasteiger partial charge on any atom is -0.316 e. The lowest BCUT2D eigenvalue weighted by atomic mass is 9.81. The highest BCUT2D eigenvalue weighted by atomic mass is 32.1. The van der Waals surface area contributed by atoms with E-state index >= 15 is 0 Å². The standard InChI is InChI=1S/C12H19N3OS/c1-3-4-12(5-6-13-8-12)10(16)15-11-14-7-9(2)17-11/h7,13H,3-6,8H2,1-2H3,(H,14,15,16). The van der Waals surface area contributed by atoms with Crippen molar-refractivity contribution in [2.75, 3.05) is 18.4 Å². The second kappa shape index (κ2) is 5.14. The van der Waals surface area contributed by atoms with Gasteiger partial charge in [-0.1, -0.05) is 13.3 Å². The molecule has 1 atom stereocenters. The van der Waals surface area contributed by atoms with Gasteiger partial charge in [0, 0.05) is 17.6 Å². The molecule has 0 bridgehead atoms. The number of aromatic nitrogens is 1. The van der Waals surface area contributed by atoms with E-state index in [1.54, 1.807) is 6.20 Å². The fourth-order valence-electron chi connectivity index (χ4n) is 2.39. The number of hydrogen-bond donors (Lipinski definition) is 2. The van der Waals surface area contributed by atoms with Gasteiger partial charge < -0.3 is 10.6 Å². The van der Waals surface area contributed by atoms with Crippen LogP contribution in [0.1, 0.15) is 31.1 Å². The van der Waals surface area contributed by atoms with Crippen LogP contribution in [-0.2, 0) is 4.79 Å². The van der Waals surface area contributed by atoms with Gasteiger partial charge >= 0.3 is 0 Å². The van der Waals surface area contributed by atoms with Crippen LogP contribution in [0.3, 0.4) is 0 Å². The number of anilines is 1. The molecule has 2 heterocycles. The van der Waals surface area contributed by atoms with Crippen LogP contribution in [0.5, 0.6) is 0 Å². The monoisotopic (exact) mass is 253 g/mol. The van der Waals surface area contributed by atoms with Crippen molar-refractivity contribution in [2.24, 2.45) is 5.41 Å². The van der Waals surface area contributed by atoms with E-state index < -0.39 is 0 Å². The van der Waals surface area contributed by atoms with E-state index in [2.05, 4.69) is 22.5 Å². The molecular weight excluding hydrogens is 234 g/mol. The molecule has 0 radical (unpaired) electrons. The number of thiazole rings is 1. The molecule has 1 aromatic heterocycles. The molecule has 1 aliphatic heterocycles. The van der Waals surface area contributed by atoms with Crippen molar-refractivity contribution < 1.29 is 4.79 Å². The summed E-state index contributed by atoms with van der Waals surface area (Å²) in [5.74, 6) is 0.124. The van der Waals surface area contributed by atoms with Crippen molar-refractivity contribution >= 4 is 22.4 Å². The summed E-state index contributed by atoms with van der Waals surface area (Å²) in [4.78, 5) is 17.7. The number of nitrogens with one attached hydrogen (secondary N) is 2. The van der Waals surface area contributed by atoms with Gasteiger partial charge in [-0.25, -0.2) is 4.98 Å². The van der Waals surface area contributed by atoms with Crippen LogP contribution in [0.2, 0.25) is 0 Å². The second-order valence-corrected chi connectivity index (χ2v) is 5.92. The molecule has 94 valence electrons. The highest BCUT2D eigenvalue weighted by Gasteiger charge is 2.40. The number of hydrogen-bond acceptors (Lipinski definition) is 4. The van der Waals surface area contributed by atoms with E-state index in [1.807, 2.05) is 6.92 Å². The summed E-state index contributed by atoms with van der Waals surface area (Å²) in [6.45, 7) is 5.84. The normalized spacial score (nSPS) is 23.9. The van der Waals surface area contributed by atoms with E-state index in [0.717, 1.165) is 42.4 Å². The van der Waals surface area contributed by atoms with Crippen molar-refractivity contribution in [3.05, 3.63) is 11.1 Å². The first-order valence-corrected chi connectivity index (χ1v) is 6.92. The third-order valence-corrected chi connectivity index (χ3v) is 4.12. The Bertz CT molecular complexity index is 396. The van der Waals surface area contributed by atoms with Gasteiger partial charge in [-0.2, -0.15) is 0 Å². The number of carbonyl (C=O) groups is 1. The van der Waals surface area contributed by atoms with Gasteiger partial charge in [0.1, 0.15) is 0 Å². The average Bonchev–Trinajstić information content (AvgIpc) is 2.89. The third kappa shape index (κ3) is 2.66. The first-order chi connectivity index (χ1) is 8.16. The van der Waals surface area contributed by atoms with E-state index in [4.69, 9.17) is 0 Å². The molecule has 0 saturated carbocycles. The topological polar surface area (TPSA) is 54.0 Å². The maximum Gasteiger partial charge on any atom is 0.233 e. The lowest BCUT2D eigenvalue weighted by molar-refractivity contribution is -0.125. The molecule has 1 aromatic rings. The van der Waals surface area contributed by atoms with E-state index in [0.29, 0.717) is 0 Å². The van der Waals surface area contributed by atoms with Crippen molar-refractivity contribution in [3.63, 3.8) is 0 Å². The van der Waals surface area contributed by atoms with Crippen LogP contribution in [0.4, 0.5) is 5.13 Å². The molecule has 2 N–H and O–H groups in total. The van der Waals surface area contributed by atoms with Gasteiger partial charge in [0.05, 0.1) is 5.41 Å². The average molecular weight is 253 g/mol. The lowest BCUT2D eigenvalue weighted by Crippen LogP contribution is -2.38. The zero-order valence-electron chi connectivity index (χ0n) is 10.4. The predicted molar refractivity (Wildman–Crippen MR) is 70.3 cm³/mol. The molecule has 0 spiro atoms. The maximum absolute atomic E-state index is 12.4. The Kier molecular flexibility index (Phi) is 3.79. The van der Waals surface area contributed by atoms with Crippen LogP contribution < -0.4 is 10.6 Å². The number of carbonyl (C=O) groups excluding carboxylic acids is 1. The Labute approximate surface area is 106 Å². The fourth-order valence-corrected chi connectivity index (χ4v) is 3.04. The second-order valence-electron chi connectivity index (χ2n) is 4.69. The summed E-state index contributed by atoms with van der Waals surface area (Å²) in [6.07, 6.45) is 4.69. The number of nitrogens with zero attached hydrogens (tertiary/aromatic N) is 1. The summed E-state index contributed by atoms with van der Waals surface area (Å²) in [5, 5.41) is 6.97. The van der Waals surface area contributed by atoms with E-state index in [-0.39, 0.29) is 11.3 Å². The molecule has 0 aliphatic carbocycles. The van der Waals surface area contributed by atoms with Crippen LogP contribution in [0.25, 0.3) is 0 Å². The van der Waals surface area contributed by atoms with Crippen molar-refractivity contribution in [1.82, 2.24) is 10.3 Å². The molecule has 5 heteroatoms. The molecule has 4 nitrogen and oxygen atoms in total. The lowest BCUT2D eigenvalue weighted by Gasteiger charge is -2.25. The molecule has 17 heavy (non-hydrogen) atoms. The third-order valence-electron chi connectivity index (χ3n) is 3.30. The van der Waals surface area contributed by atoms with Gasteiger partial charge in [-0.05, 0) is 26.3 Å². The zero-order chi connectivity index (χ0) is 12.3. The Morgan fingerprint density at radius 2 is 2.53 bits per heavy atom. The molecular formula is C12H19N3OS. The van der Waals surface area contributed by atoms with Gasteiger partial charge in [-0.15, -0.1) is 11.3 Å². The first kappa shape index (κ1) is 12.5. The largest absolute Gasteiger partial charge is 0.316 e. The van der Waals surface area contributed by atoms with Crippen LogP contribution in [0.15, 0.2) is 6.20 Å². The Hall–Kier alpha value is -0.940. The van der Waals surface area contributed by atoms with Gasteiger partial charge in [0.2, 0.25) is 5.91 Å². The number of rotatable bonds is 4. The first-order valence-electron chi connectivity index (χ1n) is 6.11. The molecule has 1 aliphatic rings. The van der Waals surface area contributed by atoms with Crippen molar-refractivity contribution in [1.29, 1.82) is 0 Å².